The molecule has 3 aromatic rings. The minimum Gasteiger partial charge on any atom is -0.497 e. The van der Waals surface area contributed by atoms with Crippen LogP contribution in [0.1, 0.15) is 43.7 Å². The lowest BCUT2D eigenvalue weighted by atomic mass is 9.72. The summed E-state index contributed by atoms with van der Waals surface area (Å²) in [6, 6.07) is 19.3. The average Bonchev–Trinajstić information content (AvgIpc) is 3.01. The van der Waals surface area contributed by atoms with Crippen LogP contribution < -0.4 is 15.4 Å². The van der Waals surface area contributed by atoms with Crippen LogP contribution in [0.25, 0.3) is 0 Å². The fourth-order valence-corrected chi connectivity index (χ4v) is 7.05. The Kier molecular flexibility index (Phi) is 9.14. The second-order valence-corrected chi connectivity index (χ2v) is 12.3. The molecule has 8 nitrogen and oxygen atoms in total. The number of urea groups is 1. The number of hydrogen-bond donors (Lipinski definition) is 2. The summed E-state index contributed by atoms with van der Waals surface area (Å²) in [5.74, 6) is 1.65. The van der Waals surface area contributed by atoms with Crippen molar-refractivity contribution in [3.63, 3.8) is 0 Å². The number of methoxy groups -OCH3 is 1. The monoisotopic (exact) mass is 561 g/mol. The molecule has 1 saturated carbocycles. The summed E-state index contributed by atoms with van der Waals surface area (Å²) in [5, 5.41) is 5.65. The largest absolute Gasteiger partial charge is 0.497 e. The maximum Gasteiger partial charge on any atom is 0.319 e. The van der Waals surface area contributed by atoms with Gasteiger partial charge in [-0.3, -0.25) is 9.88 Å². The third kappa shape index (κ3) is 6.54. The van der Waals surface area contributed by atoms with Crippen LogP contribution >= 0.6 is 0 Å². The van der Waals surface area contributed by atoms with Crippen LogP contribution in [-0.2, 0) is 23.1 Å². The van der Waals surface area contributed by atoms with Crippen LogP contribution in [0.3, 0.4) is 0 Å². The van der Waals surface area contributed by atoms with Gasteiger partial charge in [-0.25, -0.2) is 13.3 Å². The van der Waals surface area contributed by atoms with Crippen molar-refractivity contribution >= 4 is 22.7 Å². The number of pyridine rings is 1. The molecule has 1 aliphatic carbocycles. The number of aromatic nitrogens is 1. The Labute approximate surface area is 239 Å². The van der Waals surface area contributed by atoms with E-state index in [0.29, 0.717) is 12.2 Å². The first kappa shape index (κ1) is 28.3. The normalized spacial score (nSPS) is 22.8. The Morgan fingerprint density at radius 3 is 2.48 bits per heavy atom. The van der Waals surface area contributed by atoms with Crippen molar-refractivity contribution < 1.29 is 13.7 Å². The number of benzene rings is 2. The number of nitrogens with zero attached hydrogens (tertiary/aromatic N) is 3. The molecule has 2 aromatic carbocycles. The topological polar surface area (TPSA) is 86.8 Å². The van der Waals surface area contributed by atoms with Crippen molar-refractivity contribution in [3.05, 3.63) is 84.2 Å². The molecule has 1 aliphatic heterocycles. The summed E-state index contributed by atoms with van der Waals surface area (Å²) in [4.78, 5) is 19.7. The lowest BCUT2D eigenvalue weighted by molar-refractivity contribution is 0.0119. The molecule has 1 aromatic heterocycles. The number of rotatable bonds is 8. The van der Waals surface area contributed by atoms with E-state index in [1.807, 2.05) is 30.3 Å². The van der Waals surface area contributed by atoms with Gasteiger partial charge in [0, 0.05) is 56.3 Å². The third-order valence-electron chi connectivity index (χ3n) is 8.28. The summed E-state index contributed by atoms with van der Waals surface area (Å²) in [6.07, 6.45) is 8.11. The van der Waals surface area contributed by atoms with E-state index in [9.17, 15) is 9.00 Å². The maximum absolute atomic E-state index is 13.4. The number of amides is 2. The molecule has 40 heavy (non-hydrogen) atoms. The minimum absolute atomic E-state index is 0.000450. The first-order valence-corrected chi connectivity index (χ1v) is 15.2. The smallest absolute Gasteiger partial charge is 0.319 e. The Bertz CT molecular complexity index is 1290. The van der Waals surface area contributed by atoms with Crippen molar-refractivity contribution in [2.75, 3.05) is 38.6 Å². The summed E-state index contributed by atoms with van der Waals surface area (Å²) < 4.78 is 21.1. The second-order valence-electron chi connectivity index (χ2n) is 10.8. The molecule has 212 valence electrons. The molecule has 2 heterocycles. The summed E-state index contributed by atoms with van der Waals surface area (Å²) in [7, 11) is 0.470. The van der Waals surface area contributed by atoms with Gasteiger partial charge in [0.05, 0.1) is 12.0 Å². The van der Waals surface area contributed by atoms with E-state index < -0.39 is 11.0 Å². The van der Waals surface area contributed by atoms with Gasteiger partial charge in [-0.05, 0) is 85.2 Å². The summed E-state index contributed by atoms with van der Waals surface area (Å²) in [5.41, 5.74) is 2.91. The Morgan fingerprint density at radius 2 is 1.80 bits per heavy atom. The van der Waals surface area contributed by atoms with Gasteiger partial charge in [0.1, 0.15) is 16.7 Å². The number of carbonyl (C=O) groups is 1. The molecule has 0 bridgehead atoms. The van der Waals surface area contributed by atoms with Crippen LogP contribution in [0.2, 0.25) is 0 Å². The van der Waals surface area contributed by atoms with Crippen molar-refractivity contribution in [2.45, 2.75) is 49.6 Å². The van der Waals surface area contributed by atoms with Crippen molar-refractivity contribution in [1.82, 2.24) is 19.5 Å². The van der Waals surface area contributed by atoms with Gasteiger partial charge in [-0.1, -0.05) is 25.1 Å². The third-order valence-corrected chi connectivity index (χ3v) is 9.79. The quantitative estimate of drug-likeness (QED) is 0.397. The molecule has 2 amide bonds. The minimum atomic E-state index is -1.26. The molecule has 1 atom stereocenters. The number of hydrogen-bond acceptors (Lipinski definition) is 5. The predicted octanol–water partition coefficient (Wildman–Crippen LogP) is 5.16. The predicted molar refractivity (Wildman–Crippen MR) is 158 cm³/mol. The standard InChI is InChI=1S/C31H39N5O3S/c1-24-12-14-31(15-13-24,26-6-3-7-28(21-26)39-2)35-17-19-36(20-18-35)40(38)29-10-8-27(9-11-29)34-30(37)33-23-25-5-4-16-32-22-25/h3-11,16,21-22,24H,12-15,17-20,23H2,1-2H3,(H2,33,34,37). The highest BCUT2D eigenvalue weighted by Gasteiger charge is 2.42. The highest BCUT2D eigenvalue weighted by atomic mass is 32.2. The SMILES string of the molecule is COc1cccc(C2(N3CCN(S(=O)c4ccc(NC(=O)NCc5cccnc5)cc4)CC3)CCC(C)CC2)c1. The van der Waals surface area contributed by atoms with Crippen LogP contribution in [0.4, 0.5) is 10.5 Å². The van der Waals surface area contributed by atoms with Crippen LogP contribution in [0.15, 0.2) is 78.0 Å². The van der Waals surface area contributed by atoms with Crippen molar-refractivity contribution in [3.8, 4) is 5.75 Å². The lowest BCUT2D eigenvalue weighted by Gasteiger charge is -2.51. The Morgan fingerprint density at radius 1 is 1.05 bits per heavy atom. The number of nitrogens with one attached hydrogen (secondary N) is 2. The van der Waals surface area contributed by atoms with E-state index in [2.05, 4.69) is 49.9 Å². The number of ether oxygens (including phenoxy) is 1. The molecule has 2 aliphatic rings. The summed E-state index contributed by atoms with van der Waals surface area (Å²) >= 11 is 0. The lowest BCUT2D eigenvalue weighted by Crippen LogP contribution is -2.56. The average molecular weight is 562 g/mol. The van der Waals surface area contributed by atoms with Crippen LogP contribution in [0, 0.1) is 5.92 Å². The van der Waals surface area contributed by atoms with Gasteiger partial charge < -0.3 is 15.4 Å². The molecule has 1 saturated heterocycles. The zero-order chi connectivity index (χ0) is 28.0. The van der Waals surface area contributed by atoms with Gasteiger partial charge in [0.15, 0.2) is 0 Å². The van der Waals surface area contributed by atoms with Crippen LogP contribution in [-0.4, -0.2) is 57.7 Å². The van der Waals surface area contributed by atoms with E-state index in [-0.39, 0.29) is 11.6 Å². The highest BCUT2D eigenvalue weighted by Crippen LogP contribution is 2.45. The molecule has 5 rings (SSSR count). The first-order chi connectivity index (χ1) is 19.5. The summed E-state index contributed by atoms with van der Waals surface area (Å²) in [6.45, 7) is 5.97. The van der Waals surface area contributed by atoms with E-state index in [4.69, 9.17) is 4.74 Å². The molecule has 0 spiro atoms. The highest BCUT2D eigenvalue weighted by molar-refractivity contribution is 7.82. The number of anilines is 1. The first-order valence-electron chi connectivity index (χ1n) is 14.1. The molecule has 9 heteroatoms. The Balaban J connectivity index is 1.18. The molecule has 1 unspecified atom stereocenters. The molecule has 0 radical (unpaired) electrons. The van der Waals surface area contributed by atoms with E-state index in [0.717, 1.165) is 61.1 Å². The van der Waals surface area contributed by atoms with Gasteiger partial charge in [-0.15, -0.1) is 0 Å². The zero-order valence-corrected chi connectivity index (χ0v) is 24.2. The fraction of sp³-hybridized carbons (Fsp3) is 0.419. The second kappa shape index (κ2) is 12.9. The molecular weight excluding hydrogens is 522 g/mol. The van der Waals surface area contributed by atoms with Gasteiger partial charge in [-0.2, -0.15) is 0 Å². The van der Waals surface area contributed by atoms with Gasteiger partial charge >= 0.3 is 6.03 Å². The van der Waals surface area contributed by atoms with Gasteiger partial charge in [0.25, 0.3) is 0 Å². The fourth-order valence-electron chi connectivity index (χ4n) is 5.89. The maximum atomic E-state index is 13.4. The van der Waals surface area contributed by atoms with E-state index in [1.165, 1.54) is 18.4 Å². The van der Waals surface area contributed by atoms with Crippen molar-refractivity contribution in [1.29, 1.82) is 0 Å². The van der Waals surface area contributed by atoms with Crippen LogP contribution in [0.5, 0.6) is 5.75 Å². The molecule has 2 fully saturated rings. The van der Waals surface area contributed by atoms with E-state index >= 15 is 0 Å². The van der Waals surface area contributed by atoms with Gasteiger partial charge in [0.2, 0.25) is 0 Å². The number of carbonyl (C=O) groups excluding carboxylic acids is 1. The Hall–Kier alpha value is -3.27. The van der Waals surface area contributed by atoms with Crippen molar-refractivity contribution in [2.24, 2.45) is 5.92 Å². The van der Waals surface area contributed by atoms with E-state index in [1.54, 1.807) is 31.6 Å². The molecular formula is C31H39N5O3S. The number of piperazine rings is 1. The zero-order valence-electron chi connectivity index (χ0n) is 23.3. The molecule has 2 N–H and O–H groups in total.